The van der Waals surface area contributed by atoms with Gasteiger partial charge in [0.1, 0.15) is 0 Å². The van der Waals surface area contributed by atoms with Gasteiger partial charge < -0.3 is 21.3 Å². The highest BCUT2D eigenvalue weighted by atomic mass is 35.5. The molecular weight excluding hydrogens is 543 g/mol. The van der Waals surface area contributed by atoms with Crippen molar-refractivity contribution in [3.63, 3.8) is 0 Å². The first kappa shape index (κ1) is 43.9. The fourth-order valence-corrected chi connectivity index (χ4v) is 4.89. The number of rotatable bonds is 30. The van der Waals surface area contributed by atoms with E-state index in [9.17, 15) is 9.59 Å². The summed E-state index contributed by atoms with van der Waals surface area (Å²) in [6.45, 7) is 8.64. The van der Waals surface area contributed by atoms with Crippen LogP contribution < -0.4 is 16.4 Å². The predicted octanol–water partition coefficient (Wildman–Crippen LogP) is 7.95. The average Bonchev–Trinajstić information content (AvgIpc) is 2.91. The van der Waals surface area contributed by atoms with E-state index in [1.54, 1.807) is 0 Å². The number of carbonyl (C=O) groups excluding carboxylic acids is 2. The lowest BCUT2D eigenvalue weighted by Gasteiger charge is -2.21. The van der Waals surface area contributed by atoms with Gasteiger partial charge in [-0.3, -0.25) is 9.59 Å². The molecule has 0 aliphatic heterocycles. The molecule has 0 aromatic heterocycles. The Balaban J connectivity index is -0.00000684. The third-order valence-corrected chi connectivity index (χ3v) is 7.46. The second-order valence-electron chi connectivity index (χ2n) is 11.2. The molecule has 0 bridgehead atoms. The number of unbranched alkanes of at least 4 members (excludes halogenated alkanes) is 18. The number of hydrogen-bond acceptors (Lipinski definition) is 4. The first-order chi connectivity index (χ1) is 18.6. The minimum Gasteiger partial charge on any atom is -0.356 e. The second-order valence-corrected chi connectivity index (χ2v) is 11.2. The van der Waals surface area contributed by atoms with E-state index in [0.717, 1.165) is 32.5 Å². The van der Waals surface area contributed by atoms with Gasteiger partial charge in [0.25, 0.3) is 0 Å². The van der Waals surface area contributed by atoms with Crippen molar-refractivity contribution in [3.05, 3.63) is 0 Å². The van der Waals surface area contributed by atoms with Gasteiger partial charge >= 0.3 is 0 Å². The van der Waals surface area contributed by atoms with Gasteiger partial charge in [-0.05, 0) is 12.8 Å². The molecule has 0 aromatic rings. The van der Waals surface area contributed by atoms with Crippen molar-refractivity contribution in [2.75, 3.05) is 39.3 Å². The smallest absolute Gasteiger partial charge is 0.221 e. The van der Waals surface area contributed by atoms with Crippen LogP contribution in [0.1, 0.15) is 155 Å². The quantitative estimate of drug-likeness (QED) is 0.0720. The van der Waals surface area contributed by atoms with Crippen LogP contribution in [0.2, 0.25) is 0 Å². The fourth-order valence-electron chi connectivity index (χ4n) is 4.89. The Kier molecular flexibility index (Phi) is 40.0. The minimum absolute atomic E-state index is 0. The van der Waals surface area contributed by atoms with Crippen LogP contribution in [0.4, 0.5) is 0 Å². The van der Waals surface area contributed by atoms with Gasteiger partial charge in [-0.2, -0.15) is 0 Å². The van der Waals surface area contributed by atoms with E-state index in [0.29, 0.717) is 32.5 Å². The van der Waals surface area contributed by atoms with Crippen LogP contribution in [0.15, 0.2) is 0 Å². The molecule has 0 heterocycles. The summed E-state index contributed by atoms with van der Waals surface area (Å²) in [6.07, 6.45) is 27.0. The fraction of sp³-hybridized carbons (Fsp3) is 0.938. The molecule has 6 nitrogen and oxygen atoms in total. The van der Waals surface area contributed by atoms with Crippen LogP contribution in [-0.2, 0) is 9.59 Å². The van der Waals surface area contributed by atoms with E-state index >= 15 is 0 Å². The maximum Gasteiger partial charge on any atom is 0.221 e. The van der Waals surface area contributed by atoms with E-state index in [2.05, 4.69) is 29.4 Å². The molecule has 0 aliphatic rings. The third kappa shape index (κ3) is 33.6. The molecule has 8 heteroatoms. The monoisotopic (exact) mass is 610 g/mol. The summed E-state index contributed by atoms with van der Waals surface area (Å²) in [5.74, 6) is 0.210. The number of amides is 2. The molecule has 0 aliphatic carbocycles. The van der Waals surface area contributed by atoms with Crippen LogP contribution in [0, 0.1) is 0 Å². The van der Waals surface area contributed by atoms with Gasteiger partial charge in [0.15, 0.2) is 0 Å². The summed E-state index contributed by atoms with van der Waals surface area (Å²) in [7, 11) is 0. The van der Waals surface area contributed by atoms with Crippen molar-refractivity contribution in [2.24, 2.45) is 5.73 Å². The molecule has 4 N–H and O–H groups in total. The minimum atomic E-state index is 0. The molecule has 0 unspecified atom stereocenters. The normalized spacial score (nSPS) is 10.7. The summed E-state index contributed by atoms with van der Waals surface area (Å²) in [4.78, 5) is 26.6. The highest BCUT2D eigenvalue weighted by Gasteiger charge is 2.10. The summed E-state index contributed by atoms with van der Waals surface area (Å²) >= 11 is 0. The van der Waals surface area contributed by atoms with Crippen molar-refractivity contribution in [1.29, 1.82) is 0 Å². The lowest BCUT2D eigenvalue weighted by molar-refractivity contribution is -0.121. The largest absolute Gasteiger partial charge is 0.356 e. The molecule has 0 aromatic carbocycles. The second kappa shape index (κ2) is 36.5. The molecule has 0 saturated carbocycles. The lowest BCUT2D eigenvalue weighted by Crippen LogP contribution is -2.37. The molecule has 0 rings (SSSR count). The molecule has 40 heavy (non-hydrogen) atoms. The molecule has 0 atom stereocenters. The molecule has 0 spiro atoms. The van der Waals surface area contributed by atoms with Crippen LogP contribution in [0.3, 0.4) is 0 Å². The molecule has 2 amide bonds. The van der Waals surface area contributed by atoms with Crippen LogP contribution in [0.5, 0.6) is 0 Å². The zero-order valence-corrected chi connectivity index (χ0v) is 28.1. The summed E-state index contributed by atoms with van der Waals surface area (Å²) in [5, 5.41) is 6.12. The maximum absolute atomic E-state index is 12.2. The van der Waals surface area contributed by atoms with Gasteiger partial charge in [0, 0.05) is 52.1 Å². The van der Waals surface area contributed by atoms with Crippen molar-refractivity contribution in [3.8, 4) is 0 Å². The number of nitrogens with zero attached hydrogens (tertiary/aromatic N) is 1. The number of carbonyl (C=O) groups is 2. The van der Waals surface area contributed by atoms with Crippen LogP contribution in [0.25, 0.3) is 0 Å². The first-order valence-electron chi connectivity index (χ1n) is 16.6. The van der Waals surface area contributed by atoms with Crippen molar-refractivity contribution in [1.82, 2.24) is 15.5 Å². The molecule has 0 radical (unpaired) electrons. The van der Waals surface area contributed by atoms with Gasteiger partial charge in [-0.1, -0.05) is 129 Å². The summed E-state index contributed by atoms with van der Waals surface area (Å²) < 4.78 is 0. The highest BCUT2D eigenvalue weighted by Crippen LogP contribution is 2.11. The first-order valence-corrected chi connectivity index (χ1v) is 16.6. The highest BCUT2D eigenvalue weighted by molar-refractivity contribution is 5.85. The summed E-state index contributed by atoms with van der Waals surface area (Å²) in [6, 6.07) is 0. The number of nitrogens with two attached hydrogens (primary N) is 1. The number of hydrogen-bond donors (Lipinski definition) is 3. The lowest BCUT2D eigenvalue weighted by atomic mass is 10.1. The SMILES string of the molecule is CCCCCCCCCCCCNC(=O)CCN(CCN)CCC(=O)NCCCCCCCCCCCC.Cl.Cl. The molecule has 242 valence electrons. The van der Waals surface area contributed by atoms with Crippen LogP contribution in [-0.4, -0.2) is 56.0 Å². The topological polar surface area (TPSA) is 87.5 Å². The van der Waals surface area contributed by atoms with E-state index in [1.807, 2.05) is 0 Å². The van der Waals surface area contributed by atoms with Gasteiger partial charge in [-0.15, -0.1) is 24.8 Å². The van der Waals surface area contributed by atoms with E-state index in [1.165, 1.54) is 116 Å². The summed E-state index contributed by atoms with van der Waals surface area (Å²) in [5.41, 5.74) is 5.76. The third-order valence-electron chi connectivity index (χ3n) is 7.46. The van der Waals surface area contributed by atoms with Crippen molar-refractivity contribution < 1.29 is 9.59 Å². The Morgan fingerprint density at radius 1 is 0.500 bits per heavy atom. The Bertz CT molecular complexity index is 485. The van der Waals surface area contributed by atoms with Crippen molar-refractivity contribution >= 4 is 36.6 Å². The Labute approximate surface area is 261 Å². The van der Waals surface area contributed by atoms with Crippen LogP contribution >= 0.6 is 24.8 Å². The predicted molar refractivity (Wildman–Crippen MR) is 179 cm³/mol. The van der Waals surface area contributed by atoms with Crippen molar-refractivity contribution in [2.45, 2.75) is 155 Å². The molecular formula is C32H68Cl2N4O2. The van der Waals surface area contributed by atoms with E-state index in [4.69, 9.17) is 5.73 Å². The standard InChI is InChI=1S/C32H66N4O2.2ClH/c1-3-5-7-9-11-13-15-17-19-21-26-34-31(37)23-28-36(30-25-33)29-24-32(38)35-27-22-20-18-16-14-12-10-8-6-4-2;;/h3-30,33H2,1-2H3,(H,34,37)(H,35,38);2*1H. The average molecular weight is 612 g/mol. The van der Waals surface area contributed by atoms with E-state index < -0.39 is 0 Å². The zero-order valence-electron chi connectivity index (χ0n) is 26.5. The molecule has 0 fully saturated rings. The van der Waals surface area contributed by atoms with Gasteiger partial charge in [-0.25, -0.2) is 0 Å². The number of halogens is 2. The van der Waals surface area contributed by atoms with Gasteiger partial charge in [0.05, 0.1) is 0 Å². The van der Waals surface area contributed by atoms with E-state index in [-0.39, 0.29) is 36.6 Å². The Morgan fingerprint density at radius 2 is 0.800 bits per heavy atom. The molecule has 0 saturated heterocycles. The Morgan fingerprint density at radius 3 is 1.10 bits per heavy atom. The Hall–Kier alpha value is -0.560. The maximum atomic E-state index is 12.2. The zero-order chi connectivity index (χ0) is 27.9. The number of nitrogens with one attached hydrogen (secondary N) is 2. The van der Waals surface area contributed by atoms with Gasteiger partial charge in [0.2, 0.25) is 11.8 Å².